The molecule has 3 nitrogen and oxygen atoms in total. The SMILES string of the molecule is O=C(/C=C/c1ccccc1)NC(=S)Nc1cccc(F)c1. The fourth-order valence-corrected chi connectivity index (χ4v) is 1.84. The molecular formula is C16H13FN2OS. The normalized spacial score (nSPS) is 10.3. The van der Waals surface area contributed by atoms with Crippen LogP contribution in [0.1, 0.15) is 5.56 Å². The molecule has 0 bridgehead atoms. The maximum atomic E-state index is 13.0. The van der Waals surface area contributed by atoms with Gasteiger partial charge in [0, 0.05) is 11.8 Å². The molecule has 0 aliphatic rings. The molecule has 0 aromatic heterocycles. The number of benzene rings is 2. The lowest BCUT2D eigenvalue weighted by molar-refractivity contribution is -0.115. The fourth-order valence-electron chi connectivity index (χ4n) is 1.62. The summed E-state index contributed by atoms with van der Waals surface area (Å²) >= 11 is 4.99. The van der Waals surface area contributed by atoms with Gasteiger partial charge in [0.25, 0.3) is 0 Å². The summed E-state index contributed by atoms with van der Waals surface area (Å²) in [7, 11) is 0. The lowest BCUT2D eigenvalue weighted by Crippen LogP contribution is -2.32. The van der Waals surface area contributed by atoms with Crippen molar-refractivity contribution in [3.05, 3.63) is 72.1 Å². The smallest absolute Gasteiger partial charge is 0.250 e. The number of anilines is 1. The van der Waals surface area contributed by atoms with E-state index in [1.54, 1.807) is 18.2 Å². The Bertz CT molecular complexity index is 671. The van der Waals surface area contributed by atoms with E-state index in [2.05, 4.69) is 10.6 Å². The molecule has 0 fully saturated rings. The van der Waals surface area contributed by atoms with Gasteiger partial charge in [-0.2, -0.15) is 0 Å². The van der Waals surface area contributed by atoms with Crippen molar-refractivity contribution in [2.75, 3.05) is 5.32 Å². The summed E-state index contributed by atoms with van der Waals surface area (Å²) in [5.41, 5.74) is 1.39. The number of halogens is 1. The van der Waals surface area contributed by atoms with Gasteiger partial charge >= 0.3 is 0 Å². The highest BCUT2D eigenvalue weighted by molar-refractivity contribution is 7.80. The van der Waals surface area contributed by atoms with Crippen LogP contribution in [-0.2, 0) is 4.79 Å². The summed E-state index contributed by atoms with van der Waals surface area (Å²) in [6.45, 7) is 0. The number of carbonyl (C=O) groups excluding carboxylic acids is 1. The summed E-state index contributed by atoms with van der Waals surface area (Å²) in [6, 6.07) is 15.3. The van der Waals surface area contributed by atoms with Crippen LogP contribution in [0.2, 0.25) is 0 Å². The summed E-state index contributed by atoms with van der Waals surface area (Å²) in [6.07, 6.45) is 3.06. The van der Waals surface area contributed by atoms with Crippen LogP contribution in [0, 0.1) is 5.82 Å². The first-order valence-corrected chi connectivity index (χ1v) is 6.65. The molecule has 0 spiro atoms. The Morgan fingerprint density at radius 3 is 2.57 bits per heavy atom. The number of carbonyl (C=O) groups is 1. The highest BCUT2D eigenvalue weighted by Gasteiger charge is 2.02. The molecule has 1 amide bonds. The lowest BCUT2D eigenvalue weighted by atomic mass is 10.2. The zero-order valence-electron chi connectivity index (χ0n) is 11.0. The van der Waals surface area contributed by atoms with Gasteiger partial charge < -0.3 is 5.32 Å². The molecule has 2 N–H and O–H groups in total. The van der Waals surface area contributed by atoms with Crippen LogP contribution in [0.4, 0.5) is 10.1 Å². The molecule has 106 valence electrons. The van der Waals surface area contributed by atoms with E-state index >= 15 is 0 Å². The molecule has 0 radical (unpaired) electrons. The van der Waals surface area contributed by atoms with Crippen LogP contribution >= 0.6 is 12.2 Å². The van der Waals surface area contributed by atoms with Crippen molar-refractivity contribution in [3.63, 3.8) is 0 Å². The van der Waals surface area contributed by atoms with Gasteiger partial charge in [-0.15, -0.1) is 0 Å². The van der Waals surface area contributed by atoms with Crippen molar-refractivity contribution in [1.82, 2.24) is 5.32 Å². The Kier molecular flexibility index (Phi) is 5.17. The van der Waals surface area contributed by atoms with E-state index in [4.69, 9.17) is 12.2 Å². The minimum Gasteiger partial charge on any atom is -0.332 e. The predicted octanol–water partition coefficient (Wildman–Crippen LogP) is 3.35. The van der Waals surface area contributed by atoms with E-state index in [-0.39, 0.29) is 16.8 Å². The maximum Gasteiger partial charge on any atom is 0.250 e. The van der Waals surface area contributed by atoms with Crippen molar-refractivity contribution in [2.24, 2.45) is 0 Å². The highest BCUT2D eigenvalue weighted by atomic mass is 32.1. The van der Waals surface area contributed by atoms with Gasteiger partial charge in [-0.1, -0.05) is 36.4 Å². The van der Waals surface area contributed by atoms with E-state index in [1.165, 1.54) is 18.2 Å². The molecule has 0 unspecified atom stereocenters. The largest absolute Gasteiger partial charge is 0.332 e. The lowest BCUT2D eigenvalue weighted by Gasteiger charge is -2.07. The maximum absolute atomic E-state index is 13.0. The molecular weight excluding hydrogens is 287 g/mol. The molecule has 0 aliphatic carbocycles. The highest BCUT2D eigenvalue weighted by Crippen LogP contribution is 2.08. The topological polar surface area (TPSA) is 41.1 Å². The van der Waals surface area contributed by atoms with Crippen LogP contribution in [-0.4, -0.2) is 11.0 Å². The average molecular weight is 300 g/mol. The first kappa shape index (κ1) is 14.9. The van der Waals surface area contributed by atoms with Gasteiger partial charge in [0.2, 0.25) is 5.91 Å². The molecule has 5 heteroatoms. The zero-order chi connectivity index (χ0) is 15.1. The molecule has 2 aromatic carbocycles. The van der Waals surface area contributed by atoms with Crippen LogP contribution in [0.5, 0.6) is 0 Å². The molecule has 0 saturated carbocycles. The second-order valence-electron chi connectivity index (χ2n) is 4.20. The Labute approximate surface area is 127 Å². The Hall–Kier alpha value is -2.53. The quantitative estimate of drug-likeness (QED) is 0.674. The summed E-state index contributed by atoms with van der Waals surface area (Å²) in [4.78, 5) is 11.7. The van der Waals surface area contributed by atoms with Crippen LogP contribution in [0.15, 0.2) is 60.7 Å². The molecule has 0 saturated heterocycles. The van der Waals surface area contributed by atoms with Crippen LogP contribution in [0.25, 0.3) is 6.08 Å². The Balaban J connectivity index is 1.88. The van der Waals surface area contributed by atoms with Crippen molar-refractivity contribution in [2.45, 2.75) is 0 Å². The second kappa shape index (κ2) is 7.31. The van der Waals surface area contributed by atoms with E-state index in [1.807, 2.05) is 30.3 Å². The predicted molar refractivity (Wildman–Crippen MR) is 86.2 cm³/mol. The molecule has 2 aromatic rings. The third-order valence-corrected chi connectivity index (χ3v) is 2.75. The van der Waals surface area contributed by atoms with Gasteiger partial charge in [0.1, 0.15) is 5.82 Å². The van der Waals surface area contributed by atoms with E-state index in [0.29, 0.717) is 5.69 Å². The van der Waals surface area contributed by atoms with Crippen molar-refractivity contribution in [3.8, 4) is 0 Å². The van der Waals surface area contributed by atoms with Gasteiger partial charge in [-0.05, 0) is 42.1 Å². The number of hydrogen-bond donors (Lipinski definition) is 2. The Morgan fingerprint density at radius 2 is 1.86 bits per heavy atom. The molecule has 0 aliphatic heterocycles. The van der Waals surface area contributed by atoms with Gasteiger partial charge in [0.15, 0.2) is 5.11 Å². The number of hydrogen-bond acceptors (Lipinski definition) is 2. The first-order valence-electron chi connectivity index (χ1n) is 6.24. The van der Waals surface area contributed by atoms with E-state index in [0.717, 1.165) is 5.56 Å². The first-order chi connectivity index (χ1) is 10.1. The molecule has 0 heterocycles. The monoisotopic (exact) mass is 300 g/mol. The molecule has 0 atom stereocenters. The summed E-state index contributed by atoms with van der Waals surface area (Å²) in [5, 5.41) is 5.34. The van der Waals surface area contributed by atoms with Crippen molar-refractivity contribution >= 4 is 35.0 Å². The number of thiocarbonyl (C=S) groups is 1. The van der Waals surface area contributed by atoms with Gasteiger partial charge in [-0.25, -0.2) is 4.39 Å². The minimum absolute atomic E-state index is 0.114. The third-order valence-electron chi connectivity index (χ3n) is 2.55. The van der Waals surface area contributed by atoms with E-state index < -0.39 is 0 Å². The van der Waals surface area contributed by atoms with Crippen molar-refractivity contribution in [1.29, 1.82) is 0 Å². The average Bonchev–Trinajstić information content (AvgIpc) is 2.46. The van der Waals surface area contributed by atoms with E-state index in [9.17, 15) is 9.18 Å². The van der Waals surface area contributed by atoms with Crippen molar-refractivity contribution < 1.29 is 9.18 Å². The van der Waals surface area contributed by atoms with Gasteiger partial charge in [0.05, 0.1) is 0 Å². The molecule has 21 heavy (non-hydrogen) atoms. The van der Waals surface area contributed by atoms with Gasteiger partial charge in [-0.3, -0.25) is 10.1 Å². The van der Waals surface area contributed by atoms with Crippen LogP contribution < -0.4 is 10.6 Å². The fraction of sp³-hybridized carbons (Fsp3) is 0. The second-order valence-corrected chi connectivity index (χ2v) is 4.61. The number of nitrogens with one attached hydrogen (secondary N) is 2. The summed E-state index contributed by atoms with van der Waals surface area (Å²) in [5.74, 6) is -0.731. The number of amides is 1. The van der Waals surface area contributed by atoms with Crippen LogP contribution in [0.3, 0.4) is 0 Å². The Morgan fingerprint density at radius 1 is 1.10 bits per heavy atom. The summed E-state index contributed by atoms with van der Waals surface area (Å²) < 4.78 is 13.0. The third kappa shape index (κ3) is 5.16. The molecule has 2 rings (SSSR count). The number of rotatable bonds is 3. The minimum atomic E-state index is -0.377. The zero-order valence-corrected chi connectivity index (χ0v) is 11.9. The standard InChI is InChI=1S/C16H13FN2OS/c17-13-7-4-8-14(11-13)18-16(21)19-15(20)10-9-12-5-2-1-3-6-12/h1-11H,(H2,18,19,20,21)/b10-9+.